The first kappa shape index (κ1) is 17.3. The average molecular weight is 338 g/mol. The third kappa shape index (κ3) is 4.03. The summed E-state index contributed by atoms with van der Waals surface area (Å²) in [6.45, 7) is -0.408. The van der Waals surface area contributed by atoms with Crippen LogP contribution in [0.3, 0.4) is 0 Å². The van der Waals surface area contributed by atoms with Gasteiger partial charge >= 0.3 is 0 Å². The highest BCUT2D eigenvalue weighted by atomic mass is 19.2. The molecule has 0 aliphatic heterocycles. The SMILES string of the molecule is COc1ccc(O)c(C=NCC(=O)Nc2ccc(F)c(F)c2F)c1. The van der Waals surface area contributed by atoms with Crippen LogP contribution in [0, 0.1) is 17.5 Å². The molecule has 0 saturated carbocycles. The Labute approximate surface area is 135 Å². The molecule has 5 nitrogen and oxygen atoms in total. The van der Waals surface area contributed by atoms with E-state index in [1.54, 1.807) is 6.07 Å². The van der Waals surface area contributed by atoms with Crippen molar-refractivity contribution in [3.05, 3.63) is 53.3 Å². The maximum atomic E-state index is 13.4. The molecule has 2 aromatic rings. The van der Waals surface area contributed by atoms with Gasteiger partial charge in [0.1, 0.15) is 18.0 Å². The smallest absolute Gasteiger partial charge is 0.246 e. The minimum absolute atomic E-state index is 0.0633. The number of nitrogens with zero attached hydrogens (tertiary/aromatic N) is 1. The molecule has 2 rings (SSSR count). The van der Waals surface area contributed by atoms with Crippen LogP contribution in [0.4, 0.5) is 18.9 Å². The fraction of sp³-hybridized carbons (Fsp3) is 0.125. The number of ether oxygens (including phenoxy) is 1. The average Bonchev–Trinajstić information content (AvgIpc) is 2.57. The van der Waals surface area contributed by atoms with E-state index >= 15 is 0 Å². The van der Waals surface area contributed by atoms with E-state index in [1.165, 1.54) is 25.5 Å². The van der Waals surface area contributed by atoms with Gasteiger partial charge in [-0.1, -0.05) is 0 Å². The third-order valence-electron chi connectivity index (χ3n) is 3.01. The number of phenols is 1. The van der Waals surface area contributed by atoms with Crippen LogP contribution in [0.15, 0.2) is 35.3 Å². The molecule has 2 N–H and O–H groups in total. The van der Waals surface area contributed by atoms with Gasteiger partial charge in [-0.2, -0.15) is 0 Å². The Kier molecular flexibility index (Phi) is 5.41. The zero-order valence-electron chi connectivity index (χ0n) is 12.5. The maximum Gasteiger partial charge on any atom is 0.246 e. The van der Waals surface area contributed by atoms with Crippen molar-refractivity contribution in [1.29, 1.82) is 0 Å². The number of rotatable bonds is 5. The van der Waals surface area contributed by atoms with Crippen LogP contribution < -0.4 is 10.1 Å². The number of carbonyl (C=O) groups is 1. The summed E-state index contributed by atoms with van der Waals surface area (Å²) in [7, 11) is 1.46. The molecule has 0 aliphatic carbocycles. The number of amides is 1. The molecule has 126 valence electrons. The Morgan fingerprint density at radius 3 is 2.71 bits per heavy atom. The van der Waals surface area contributed by atoms with Crippen molar-refractivity contribution in [2.24, 2.45) is 4.99 Å². The Balaban J connectivity index is 2.02. The summed E-state index contributed by atoms with van der Waals surface area (Å²) in [6.07, 6.45) is 1.24. The topological polar surface area (TPSA) is 70.9 Å². The number of phenolic OH excluding ortho intramolecular Hbond substituents is 1. The van der Waals surface area contributed by atoms with Gasteiger partial charge in [0.2, 0.25) is 5.91 Å². The van der Waals surface area contributed by atoms with E-state index in [-0.39, 0.29) is 5.75 Å². The minimum atomic E-state index is -1.67. The van der Waals surface area contributed by atoms with E-state index in [1.807, 2.05) is 0 Å². The highest BCUT2D eigenvalue weighted by Gasteiger charge is 2.14. The van der Waals surface area contributed by atoms with Gasteiger partial charge in [0, 0.05) is 11.8 Å². The second kappa shape index (κ2) is 7.49. The standard InChI is InChI=1S/C16H13F3N2O3/c1-24-10-2-5-13(22)9(6-10)7-20-8-14(23)21-12-4-3-11(17)15(18)16(12)19/h2-7,22H,8H2,1H3,(H,21,23). The van der Waals surface area contributed by atoms with Crippen molar-refractivity contribution in [1.82, 2.24) is 0 Å². The van der Waals surface area contributed by atoms with Gasteiger partial charge in [-0.3, -0.25) is 9.79 Å². The molecule has 2 aromatic carbocycles. The fourth-order valence-corrected chi connectivity index (χ4v) is 1.80. The normalized spacial score (nSPS) is 10.8. The lowest BCUT2D eigenvalue weighted by Gasteiger charge is -2.06. The monoisotopic (exact) mass is 338 g/mol. The van der Waals surface area contributed by atoms with Crippen LogP contribution >= 0.6 is 0 Å². The van der Waals surface area contributed by atoms with E-state index in [0.29, 0.717) is 17.4 Å². The number of hydrogen-bond donors (Lipinski definition) is 2. The lowest BCUT2D eigenvalue weighted by Crippen LogP contribution is -2.16. The largest absolute Gasteiger partial charge is 0.507 e. The molecule has 0 heterocycles. The number of hydrogen-bond acceptors (Lipinski definition) is 4. The molecular formula is C16H13F3N2O3. The third-order valence-corrected chi connectivity index (χ3v) is 3.01. The van der Waals surface area contributed by atoms with Gasteiger partial charge < -0.3 is 15.2 Å². The number of nitrogens with one attached hydrogen (secondary N) is 1. The second-order valence-corrected chi connectivity index (χ2v) is 4.67. The summed E-state index contributed by atoms with van der Waals surface area (Å²) >= 11 is 0. The van der Waals surface area contributed by atoms with Crippen molar-refractivity contribution in [3.8, 4) is 11.5 Å². The molecule has 0 unspecified atom stereocenters. The van der Waals surface area contributed by atoms with Gasteiger partial charge in [-0.25, -0.2) is 13.2 Å². The van der Waals surface area contributed by atoms with E-state index < -0.39 is 35.6 Å². The summed E-state index contributed by atoms with van der Waals surface area (Å²) in [5.41, 5.74) is -0.167. The first-order chi connectivity index (χ1) is 11.4. The maximum absolute atomic E-state index is 13.4. The number of aromatic hydroxyl groups is 1. The molecule has 0 spiro atoms. The molecule has 0 radical (unpaired) electrons. The predicted octanol–water partition coefficient (Wildman–Crippen LogP) is 2.88. The first-order valence-corrected chi connectivity index (χ1v) is 6.72. The fourth-order valence-electron chi connectivity index (χ4n) is 1.80. The predicted molar refractivity (Wildman–Crippen MR) is 82.1 cm³/mol. The number of benzene rings is 2. The van der Waals surface area contributed by atoms with Crippen LogP contribution in [0.2, 0.25) is 0 Å². The summed E-state index contributed by atoms with van der Waals surface area (Å²) < 4.78 is 44.3. The van der Waals surface area contributed by atoms with Crippen molar-refractivity contribution >= 4 is 17.8 Å². The van der Waals surface area contributed by atoms with Gasteiger partial charge in [0.05, 0.1) is 12.8 Å². The van der Waals surface area contributed by atoms with E-state index in [4.69, 9.17) is 4.74 Å². The highest BCUT2D eigenvalue weighted by Crippen LogP contribution is 2.21. The first-order valence-electron chi connectivity index (χ1n) is 6.72. The number of anilines is 1. The Bertz CT molecular complexity index is 794. The summed E-state index contributed by atoms with van der Waals surface area (Å²) in [5, 5.41) is 11.7. The second-order valence-electron chi connectivity index (χ2n) is 4.67. The molecule has 0 fully saturated rings. The summed E-state index contributed by atoms with van der Waals surface area (Å²) in [6, 6.07) is 6.06. The summed E-state index contributed by atoms with van der Waals surface area (Å²) in [4.78, 5) is 15.5. The van der Waals surface area contributed by atoms with E-state index in [9.17, 15) is 23.1 Å². The molecule has 0 aromatic heterocycles. The van der Waals surface area contributed by atoms with Crippen LogP contribution in [0.25, 0.3) is 0 Å². The highest BCUT2D eigenvalue weighted by molar-refractivity contribution is 5.94. The van der Waals surface area contributed by atoms with Gasteiger partial charge in [-0.15, -0.1) is 0 Å². The van der Waals surface area contributed by atoms with Gasteiger partial charge in [0.15, 0.2) is 17.5 Å². The molecule has 1 amide bonds. The van der Waals surface area contributed by atoms with Crippen molar-refractivity contribution in [3.63, 3.8) is 0 Å². The Morgan fingerprint density at radius 1 is 1.25 bits per heavy atom. The minimum Gasteiger partial charge on any atom is -0.507 e. The lowest BCUT2D eigenvalue weighted by molar-refractivity contribution is -0.114. The Morgan fingerprint density at radius 2 is 2.00 bits per heavy atom. The van der Waals surface area contributed by atoms with E-state index in [2.05, 4.69) is 10.3 Å². The molecule has 0 aliphatic rings. The summed E-state index contributed by atoms with van der Waals surface area (Å²) in [5.74, 6) is -4.82. The number of halogens is 3. The Hall–Kier alpha value is -3.03. The number of aliphatic imine (C=N–C) groups is 1. The number of carbonyl (C=O) groups excluding carboxylic acids is 1. The molecule has 0 saturated heterocycles. The quantitative estimate of drug-likeness (QED) is 0.650. The van der Waals surface area contributed by atoms with Crippen LogP contribution in [-0.4, -0.2) is 30.9 Å². The lowest BCUT2D eigenvalue weighted by atomic mass is 10.2. The molecule has 0 atom stereocenters. The van der Waals surface area contributed by atoms with Gasteiger partial charge in [0.25, 0.3) is 0 Å². The zero-order chi connectivity index (χ0) is 17.7. The molecule has 0 bridgehead atoms. The van der Waals surface area contributed by atoms with Crippen LogP contribution in [0.1, 0.15) is 5.56 Å². The zero-order valence-corrected chi connectivity index (χ0v) is 12.5. The molecular weight excluding hydrogens is 325 g/mol. The van der Waals surface area contributed by atoms with Crippen LogP contribution in [-0.2, 0) is 4.79 Å². The van der Waals surface area contributed by atoms with Crippen molar-refractivity contribution in [2.45, 2.75) is 0 Å². The molecule has 8 heteroatoms. The van der Waals surface area contributed by atoms with Crippen LogP contribution in [0.5, 0.6) is 11.5 Å². The van der Waals surface area contributed by atoms with Crippen molar-refractivity contribution in [2.75, 3.05) is 19.0 Å². The van der Waals surface area contributed by atoms with Crippen molar-refractivity contribution < 1.29 is 27.8 Å². The van der Waals surface area contributed by atoms with Gasteiger partial charge in [-0.05, 0) is 30.3 Å². The van der Waals surface area contributed by atoms with E-state index in [0.717, 1.165) is 6.07 Å². The molecule has 24 heavy (non-hydrogen) atoms. The number of methoxy groups -OCH3 is 1.